The summed E-state index contributed by atoms with van der Waals surface area (Å²) < 4.78 is 35.9. The summed E-state index contributed by atoms with van der Waals surface area (Å²) >= 11 is 0. The van der Waals surface area contributed by atoms with E-state index in [4.69, 9.17) is 8.92 Å². The fourth-order valence-corrected chi connectivity index (χ4v) is 5.93. The van der Waals surface area contributed by atoms with Crippen LogP contribution in [-0.2, 0) is 23.8 Å². The number of ether oxygens (including phenoxy) is 1. The van der Waals surface area contributed by atoms with Crippen LogP contribution in [0.25, 0.3) is 5.57 Å². The molecular weight excluding hydrogens is 390 g/mol. The molecule has 0 bridgehead atoms. The van der Waals surface area contributed by atoms with Crippen molar-refractivity contribution in [1.82, 2.24) is 5.32 Å². The van der Waals surface area contributed by atoms with Crippen LogP contribution >= 0.6 is 0 Å². The van der Waals surface area contributed by atoms with Crippen LogP contribution in [0.1, 0.15) is 60.8 Å². The fourth-order valence-electron chi connectivity index (χ4n) is 5.39. The molecule has 1 aromatic rings. The van der Waals surface area contributed by atoms with Crippen LogP contribution < -0.4 is 5.32 Å². The first-order chi connectivity index (χ1) is 13.5. The quantitative estimate of drug-likeness (QED) is 0.761. The van der Waals surface area contributed by atoms with Gasteiger partial charge in [-0.3, -0.25) is 4.79 Å². The summed E-state index contributed by atoms with van der Waals surface area (Å²) in [4.78, 5) is 13.2. The molecule has 1 aromatic carbocycles. The molecule has 6 nitrogen and oxygen atoms in total. The summed E-state index contributed by atoms with van der Waals surface area (Å²) in [6, 6.07) is 4.02. The van der Waals surface area contributed by atoms with Crippen LogP contribution in [-0.4, -0.2) is 38.3 Å². The van der Waals surface area contributed by atoms with E-state index in [-0.39, 0.29) is 17.3 Å². The van der Waals surface area contributed by atoms with Gasteiger partial charge in [0.2, 0.25) is 0 Å². The number of rotatable bonds is 3. The maximum absolute atomic E-state index is 13.2. The van der Waals surface area contributed by atoms with Gasteiger partial charge in [0.05, 0.1) is 17.4 Å². The average Bonchev–Trinajstić information content (AvgIpc) is 3.15. The normalized spacial score (nSPS) is 29.7. The van der Waals surface area contributed by atoms with Gasteiger partial charge < -0.3 is 14.2 Å². The van der Waals surface area contributed by atoms with Gasteiger partial charge in [-0.25, -0.2) is 0 Å². The highest BCUT2D eigenvalue weighted by Gasteiger charge is 2.54. The van der Waals surface area contributed by atoms with Gasteiger partial charge in [-0.15, -0.1) is 0 Å². The zero-order valence-electron chi connectivity index (χ0n) is 17.6. The largest absolute Gasteiger partial charge is 0.384 e. The van der Waals surface area contributed by atoms with Gasteiger partial charge in [-0.2, -0.15) is 8.42 Å². The van der Waals surface area contributed by atoms with E-state index in [1.165, 1.54) is 0 Å². The number of aryl methyl sites for hydroxylation is 3. The predicted molar refractivity (Wildman–Crippen MR) is 111 cm³/mol. The van der Waals surface area contributed by atoms with Gasteiger partial charge in [0.1, 0.15) is 5.54 Å². The molecule has 0 atom stereocenters. The van der Waals surface area contributed by atoms with Crippen molar-refractivity contribution >= 4 is 21.6 Å². The number of hydrogen-bond donors (Lipinski definition) is 1. The molecule has 2 aliphatic heterocycles. The molecule has 2 fully saturated rings. The summed E-state index contributed by atoms with van der Waals surface area (Å²) in [7, 11) is -3.79. The molecule has 7 heteroatoms. The molecule has 1 aliphatic carbocycles. The van der Waals surface area contributed by atoms with E-state index >= 15 is 0 Å². The van der Waals surface area contributed by atoms with E-state index in [1.807, 2.05) is 32.9 Å². The first kappa shape index (κ1) is 20.4. The minimum absolute atomic E-state index is 0.134. The fraction of sp³-hybridized carbons (Fsp3) is 0.591. The van der Waals surface area contributed by atoms with Crippen molar-refractivity contribution in [3.05, 3.63) is 40.1 Å². The van der Waals surface area contributed by atoms with E-state index in [0.717, 1.165) is 60.8 Å². The lowest BCUT2D eigenvalue weighted by atomic mass is 9.72. The van der Waals surface area contributed by atoms with Crippen LogP contribution in [0.3, 0.4) is 0 Å². The number of carbonyl (C=O) groups is 1. The first-order valence-corrected chi connectivity index (χ1v) is 12.0. The van der Waals surface area contributed by atoms with E-state index in [0.29, 0.717) is 18.4 Å². The first-order valence-electron chi connectivity index (χ1n) is 10.2. The van der Waals surface area contributed by atoms with Gasteiger partial charge in [-0.05, 0) is 76.0 Å². The Morgan fingerprint density at radius 1 is 1.03 bits per heavy atom. The average molecular weight is 420 g/mol. The van der Waals surface area contributed by atoms with Crippen LogP contribution in [0.4, 0.5) is 0 Å². The van der Waals surface area contributed by atoms with Crippen molar-refractivity contribution in [2.75, 3.05) is 12.9 Å². The maximum Gasteiger partial charge on any atom is 0.306 e. The Kier molecular flexibility index (Phi) is 4.82. The molecule has 29 heavy (non-hydrogen) atoms. The molecule has 158 valence electrons. The zero-order valence-corrected chi connectivity index (χ0v) is 18.4. The molecule has 0 unspecified atom stereocenters. The summed E-state index contributed by atoms with van der Waals surface area (Å²) in [5.41, 5.74) is 3.16. The van der Waals surface area contributed by atoms with Crippen molar-refractivity contribution < 1.29 is 22.1 Å². The number of amides is 1. The lowest BCUT2D eigenvalue weighted by molar-refractivity contribution is -0.117. The van der Waals surface area contributed by atoms with Gasteiger partial charge >= 0.3 is 10.1 Å². The molecule has 4 rings (SSSR count). The van der Waals surface area contributed by atoms with Crippen LogP contribution in [0.15, 0.2) is 17.9 Å². The molecule has 0 radical (unpaired) electrons. The highest BCUT2D eigenvalue weighted by molar-refractivity contribution is 7.86. The molecule has 1 N–H and O–H groups in total. The number of nitrogens with one attached hydrogen (secondary N) is 1. The Labute approximate surface area is 172 Å². The standard InChI is InChI=1S/C22H29NO5S/c1-14-12-15(2)17(16(3)13-14)18-19(28-29(4,25)26)22(23-20(18)24)9-7-21(8-10-22)6-5-11-27-21/h12-13H,5-11H2,1-4H3,(H,23,24). The molecular formula is C22H29NO5S. The smallest absolute Gasteiger partial charge is 0.306 e. The second-order valence-electron chi connectivity index (χ2n) is 8.94. The van der Waals surface area contributed by atoms with E-state index in [1.54, 1.807) is 0 Å². The number of hydrogen-bond acceptors (Lipinski definition) is 5. The Bertz CT molecular complexity index is 969. The van der Waals surface area contributed by atoms with Crippen LogP contribution in [0.5, 0.6) is 0 Å². The Hall–Kier alpha value is -1.86. The molecule has 1 saturated heterocycles. The zero-order chi connectivity index (χ0) is 21.0. The summed E-state index contributed by atoms with van der Waals surface area (Å²) in [6.45, 7) is 6.67. The van der Waals surface area contributed by atoms with Crippen molar-refractivity contribution in [2.45, 2.75) is 70.4 Å². The number of carbonyl (C=O) groups excluding carboxylic acids is 1. The van der Waals surface area contributed by atoms with Crippen molar-refractivity contribution in [3.63, 3.8) is 0 Å². The predicted octanol–water partition coefficient (Wildman–Crippen LogP) is 3.29. The van der Waals surface area contributed by atoms with Gasteiger partial charge in [-0.1, -0.05) is 17.7 Å². The minimum Gasteiger partial charge on any atom is -0.384 e. The maximum atomic E-state index is 13.2. The molecule has 1 saturated carbocycles. The van der Waals surface area contributed by atoms with Crippen LogP contribution in [0.2, 0.25) is 0 Å². The van der Waals surface area contributed by atoms with E-state index in [9.17, 15) is 13.2 Å². The van der Waals surface area contributed by atoms with Crippen LogP contribution in [0, 0.1) is 20.8 Å². The molecule has 3 aliphatic rings. The Morgan fingerprint density at radius 3 is 2.17 bits per heavy atom. The molecule has 1 amide bonds. The Morgan fingerprint density at radius 2 is 1.66 bits per heavy atom. The SMILES string of the molecule is Cc1cc(C)c(C2=C(OS(C)(=O)=O)C3(CCC4(CCCO4)CC3)NC2=O)c(C)c1. The minimum atomic E-state index is -3.79. The van der Waals surface area contributed by atoms with Crippen molar-refractivity contribution in [3.8, 4) is 0 Å². The van der Waals surface area contributed by atoms with E-state index in [2.05, 4.69) is 5.32 Å². The highest BCUT2D eigenvalue weighted by Crippen LogP contribution is 2.50. The summed E-state index contributed by atoms with van der Waals surface area (Å²) in [5, 5.41) is 3.11. The van der Waals surface area contributed by atoms with E-state index < -0.39 is 15.7 Å². The van der Waals surface area contributed by atoms with Gasteiger partial charge in [0.25, 0.3) is 5.91 Å². The van der Waals surface area contributed by atoms with Crippen molar-refractivity contribution in [2.24, 2.45) is 0 Å². The summed E-state index contributed by atoms with van der Waals surface area (Å²) in [6.07, 6.45) is 5.88. The second-order valence-corrected chi connectivity index (χ2v) is 10.5. The highest BCUT2D eigenvalue weighted by atomic mass is 32.2. The third kappa shape index (κ3) is 3.59. The monoisotopic (exact) mass is 419 g/mol. The van der Waals surface area contributed by atoms with Gasteiger partial charge in [0, 0.05) is 6.61 Å². The second kappa shape index (κ2) is 6.84. The Balaban J connectivity index is 1.83. The lowest BCUT2D eigenvalue weighted by Crippen LogP contribution is -2.51. The molecule has 0 aromatic heterocycles. The molecule has 2 spiro atoms. The summed E-state index contributed by atoms with van der Waals surface area (Å²) in [5.74, 6) is -0.00473. The number of benzene rings is 1. The third-order valence-electron chi connectivity index (χ3n) is 6.60. The van der Waals surface area contributed by atoms with Crippen molar-refractivity contribution in [1.29, 1.82) is 0 Å². The lowest BCUT2D eigenvalue weighted by Gasteiger charge is -2.42. The third-order valence-corrected chi connectivity index (χ3v) is 7.07. The van der Waals surface area contributed by atoms with Gasteiger partial charge in [0.15, 0.2) is 5.76 Å². The topological polar surface area (TPSA) is 81.7 Å². The molecule has 2 heterocycles.